The Labute approximate surface area is 160 Å². The number of ether oxygens (including phenoxy) is 2. The Balaban J connectivity index is 1.90. The number of esters is 1. The van der Waals surface area contributed by atoms with Crippen LogP contribution in [0.5, 0.6) is 5.75 Å². The highest BCUT2D eigenvalue weighted by molar-refractivity contribution is 7.91. The number of rotatable bonds is 7. The lowest BCUT2D eigenvalue weighted by molar-refractivity contribution is -0.161. The first-order valence-electron chi connectivity index (χ1n) is 9.04. The molecule has 1 aromatic rings. The number of amides is 1. The van der Waals surface area contributed by atoms with Gasteiger partial charge in [-0.25, -0.2) is 13.2 Å². The molecule has 1 aromatic carbocycles. The van der Waals surface area contributed by atoms with E-state index in [4.69, 9.17) is 9.47 Å². The second-order valence-corrected chi connectivity index (χ2v) is 9.03. The number of likely N-dealkylation sites (N-methyl/N-ethyl adjacent to an activating group) is 1. The largest absolute Gasteiger partial charge is 0.482 e. The van der Waals surface area contributed by atoms with Crippen molar-refractivity contribution in [3.63, 3.8) is 0 Å². The van der Waals surface area contributed by atoms with Gasteiger partial charge in [-0.15, -0.1) is 0 Å². The van der Waals surface area contributed by atoms with E-state index in [1.54, 1.807) is 13.0 Å². The molecule has 0 N–H and O–H groups in total. The van der Waals surface area contributed by atoms with Gasteiger partial charge in [-0.1, -0.05) is 12.1 Å². The molecule has 1 heterocycles. The second kappa shape index (κ2) is 8.73. The van der Waals surface area contributed by atoms with Crippen molar-refractivity contribution in [2.45, 2.75) is 46.3 Å². The molecule has 1 fully saturated rings. The molecule has 0 bridgehead atoms. The summed E-state index contributed by atoms with van der Waals surface area (Å²) in [6.07, 6.45) is -0.582. The van der Waals surface area contributed by atoms with Gasteiger partial charge in [0.25, 0.3) is 5.91 Å². The van der Waals surface area contributed by atoms with Gasteiger partial charge in [0.05, 0.1) is 11.5 Å². The topological polar surface area (TPSA) is 90.0 Å². The Bertz CT molecular complexity index is 804. The highest BCUT2D eigenvalue weighted by Crippen LogP contribution is 2.21. The Morgan fingerprint density at radius 1 is 1.30 bits per heavy atom. The normalized spacial score (nSPS) is 19.3. The molecule has 0 unspecified atom stereocenters. The van der Waals surface area contributed by atoms with E-state index >= 15 is 0 Å². The fraction of sp³-hybridized carbons (Fsp3) is 0.579. The van der Waals surface area contributed by atoms with Gasteiger partial charge in [0.2, 0.25) is 0 Å². The molecule has 1 aliphatic rings. The monoisotopic (exact) mass is 397 g/mol. The number of nitrogens with zero attached hydrogens (tertiary/aromatic N) is 1. The number of hydrogen-bond acceptors (Lipinski definition) is 6. The van der Waals surface area contributed by atoms with Crippen molar-refractivity contribution in [1.82, 2.24) is 4.90 Å². The zero-order valence-electron chi connectivity index (χ0n) is 16.2. The zero-order chi connectivity index (χ0) is 20.2. The minimum absolute atomic E-state index is 0.0387. The molecular weight excluding hydrogens is 370 g/mol. The molecule has 0 spiro atoms. The molecule has 1 saturated heterocycles. The summed E-state index contributed by atoms with van der Waals surface area (Å²) >= 11 is 0. The van der Waals surface area contributed by atoms with E-state index in [1.807, 2.05) is 26.0 Å². The van der Waals surface area contributed by atoms with Crippen molar-refractivity contribution in [1.29, 1.82) is 0 Å². The van der Waals surface area contributed by atoms with Crippen LogP contribution in [0.4, 0.5) is 0 Å². The average Bonchev–Trinajstić information content (AvgIpc) is 2.96. The molecule has 0 saturated carbocycles. The number of benzene rings is 1. The quantitative estimate of drug-likeness (QED) is 0.650. The van der Waals surface area contributed by atoms with Gasteiger partial charge in [0.15, 0.2) is 22.5 Å². The van der Waals surface area contributed by atoms with Crippen LogP contribution in [0.15, 0.2) is 18.2 Å². The summed E-state index contributed by atoms with van der Waals surface area (Å²) in [6, 6.07) is 5.19. The SMILES string of the molecule is CCN(C(=O)[C@@H](C)OC(=O)COc1cccc(C)c1C)[C@H]1CCS(=O)(=O)C1. The van der Waals surface area contributed by atoms with Gasteiger partial charge in [-0.3, -0.25) is 4.79 Å². The fourth-order valence-electron chi connectivity index (χ4n) is 3.15. The first-order chi connectivity index (χ1) is 12.6. The summed E-state index contributed by atoms with van der Waals surface area (Å²) < 4.78 is 34.0. The predicted octanol–water partition coefficient (Wildman–Crippen LogP) is 1.65. The Hall–Kier alpha value is -2.09. The predicted molar refractivity (Wildman–Crippen MR) is 101 cm³/mol. The van der Waals surface area contributed by atoms with Gasteiger partial charge in [0.1, 0.15) is 5.75 Å². The van der Waals surface area contributed by atoms with E-state index in [1.165, 1.54) is 11.8 Å². The van der Waals surface area contributed by atoms with Crippen molar-refractivity contribution in [3.05, 3.63) is 29.3 Å². The van der Waals surface area contributed by atoms with E-state index in [9.17, 15) is 18.0 Å². The van der Waals surface area contributed by atoms with E-state index in [0.29, 0.717) is 18.7 Å². The summed E-state index contributed by atoms with van der Waals surface area (Å²) in [4.78, 5) is 26.1. The van der Waals surface area contributed by atoms with Crippen molar-refractivity contribution < 1.29 is 27.5 Å². The smallest absolute Gasteiger partial charge is 0.344 e. The lowest BCUT2D eigenvalue weighted by Crippen LogP contribution is -2.46. The van der Waals surface area contributed by atoms with Crippen molar-refractivity contribution in [2.75, 3.05) is 24.7 Å². The lowest BCUT2D eigenvalue weighted by Gasteiger charge is -2.29. The van der Waals surface area contributed by atoms with Gasteiger partial charge >= 0.3 is 5.97 Å². The summed E-state index contributed by atoms with van der Waals surface area (Å²) in [5.41, 5.74) is 1.99. The molecular formula is C19H27NO6S. The van der Waals surface area contributed by atoms with Crippen LogP contribution < -0.4 is 4.74 Å². The second-order valence-electron chi connectivity index (χ2n) is 6.80. The molecule has 0 aromatic heterocycles. The third kappa shape index (κ3) is 5.45. The van der Waals surface area contributed by atoms with E-state index in [0.717, 1.165) is 11.1 Å². The first-order valence-corrected chi connectivity index (χ1v) is 10.9. The van der Waals surface area contributed by atoms with Gasteiger partial charge in [-0.2, -0.15) is 0 Å². The van der Waals surface area contributed by atoms with Crippen LogP contribution in [0.2, 0.25) is 0 Å². The molecule has 8 heteroatoms. The molecule has 27 heavy (non-hydrogen) atoms. The van der Waals surface area contributed by atoms with Crippen molar-refractivity contribution in [3.8, 4) is 5.75 Å². The number of carbonyl (C=O) groups excluding carboxylic acids is 2. The average molecular weight is 397 g/mol. The van der Waals surface area contributed by atoms with Gasteiger partial charge < -0.3 is 14.4 Å². The standard InChI is InChI=1S/C19H27NO6S/c1-5-20(16-9-10-27(23,24)12-16)19(22)15(4)26-18(21)11-25-17-8-6-7-13(2)14(17)3/h6-8,15-16H,5,9-12H2,1-4H3/t15-,16+/m1/s1. The Morgan fingerprint density at radius 3 is 2.59 bits per heavy atom. The maximum absolute atomic E-state index is 12.6. The zero-order valence-corrected chi connectivity index (χ0v) is 17.0. The van der Waals surface area contributed by atoms with Crippen molar-refractivity contribution >= 4 is 21.7 Å². The lowest BCUT2D eigenvalue weighted by atomic mass is 10.1. The number of sulfone groups is 1. The summed E-state index contributed by atoms with van der Waals surface area (Å²) in [5, 5.41) is 0. The Kier molecular flexibility index (Phi) is 6.86. The molecule has 0 radical (unpaired) electrons. The minimum atomic E-state index is -3.10. The minimum Gasteiger partial charge on any atom is -0.482 e. The van der Waals surface area contributed by atoms with E-state index in [2.05, 4.69) is 0 Å². The van der Waals surface area contributed by atoms with Crippen LogP contribution >= 0.6 is 0 Å². The summed E-state index contributed by atoms with van der Waals surface area (Å²) in [6.45, 7) is 7.18. The maximum atomic E-state index is 12.6. The third-order valence-corrected chi connectivity index (χ3v) is 6.58. The van der Waals surface area contributed by atoms with E-state index < -0.39 is 21.9 Å². The highest BCUT2D eigenvalue weighted by atomic mass is 32.2. The molecule has 0 aliphatic carbocycles. The van der Waals surface area contributed by atoms with Crippen LogP contribution in [0, 0.1) is 13.8 Å². The molecule has 2 rings (SSSR count). The molecule has 2 atom stereocenters. The number of carbonyl (C=O) groups is 2. The van der Waals surface area contributed by atoms with Crippen LogP contribution in [-0.4, -0.2) is 62.0 Å². The van der Waals surface area contributed by atoms with Crippen LogP contribution in [0.25, 0.3) is 0 Å². The van der Waals surface area contributed by atoms with Crippen LogP contribution in [-0.2, 0) is 24.2 Å². The summed E-state index contributed by atoms with van der Waals surface area (Å²) in [7, 11) is -3.10. The highest BCUT2D eigenvalue weighted by Gasteiger charge is 2.36. The maximum Gasteiger partial charge on any atom is 0.344 e. The third-order valence-electron chi connectivity index (χ3n) is 4.83. The van der Waals surface area contributed by atoms with Crippen LogP contribution in [0.3, 0.4) is 0 Å². The van der Waals surface area contributed by atoms with Gasteiger partial charge in [0, 0.05) is 12.6 Å². The summed E-state index contributed by atoms with van der Waals surface area (Å²) in [5.74, 6) is -0.397. The number of aryl methyl sites for hydroxylation is 1. The Morgan fingerprint density at radius 2 is 2.00 bits per heavy atom. The molecule has 150 valence electrons. The number of hydrogen-bond donors (Lipinski definition) is 0. The molecule has 1 amide bonds. The van der Waals surface area contributed by atoms with Gasteiger partial charge in [-0.05, 0) is 51.3 Å². The van der Waals surface area contributed by atoms with E-state index in [-0.39, 0.29) is 30.1 Å². The van der Waals surface area contributed by atoms with Crippen LogP contribution in [0.1, 0.15) is 31.4 Å². The first kappa shape index (κ1) is 21.2. The van der Waals surface area contributed by atoms with Crippen molar-refractivity contribution in [2.24, 2.45) is 0 Å². The molecule has 1 aliphatic heterocycles. The molecule has 7 nitrogen and oxygen atoms in total. The fourth-order valence-corrected chi connectivity index (χ4v) is 4.88.